The predicted molar refractivity (Wildman–Crippen MR) is 93.0 cm³/mol. The Bertz CT molecular complexity index is 535. The van der Waals surface area contributed by atoms with Gasteiger partial charge >= 0.3 is 0 Å². The van der Waals surface area contributed by atoms with Gasteiger partial charge in [-0.1, -0.05) is 6.07 Å². The number of rotatable bonds is 6. The second-order valence-electron chi connectivity index (χ2n) is 6.28. The standard InChI is InChI=1S/C17H25N3O3S/c21-16(18-6-5-14-3-2-12-24-14)13-19-7-9-20(10-8-19)17(22)15-4-1-11-23-15/h2-3,12,15H,1,4-11,13H2,(H,18,21)/t15-/m1/s1. The lowest BCUT2D eigenvalue weighted by Crippen LogP contribution is -2.53. The molecule has 1 aromatic heterocycles. The van der Waals surface area contributed by atoms with Crippen molar-refractivity contribution >= 4 is 23.2 Å². The third kappa shape index (κ3) is 4.78. The van der Waals surface area contributed by atoms with Gasteiger partial charge in [-0.25, -0.2) is 0 Å². The maximum Gasteiger partial charge on any atom is 0.251 e. The molecule has 2 aliphatic rings. The fourth-order valence-corrected chi connectivity index (χ4v) is 3.85. The molecule has 2 saturated heterocycles. The van der Waals surface area contributed by atoms with Gasteiger partial charge in [0.1, 0.15) is 6.10 Å². The molecule has 2 fully saturated rings. The lowest BCUT2D eigenvalue weighted by Gasteiger charge is -2.35. The lowest BCUT2D eigenvalue weighted by molar-refractivity contribution is -0.142. The molecule has 0 spiro atoms. The molecule has 2 aliphatic heterocycles. The zero-order valence-electron chi connectivity index (χ0n) is 13.9. The number of nitrogens with zero attached hydrogens (tertiary/aromatic N) is 2. The molecule has 2 amide bonds. The third-order valence-corrected chi connectivity index (χ3v) is 5.47. The van der Waals surface area contributed by atoms with Gasteiger partial charge < -0.3 is 15.0 Å². The molecule has 1 aromatic rings. The molecule has 0 saturated carbocycles. The number of amides is 2. The van der Waals surface area contributed by atoms with Crippen LogP contribution in [0.3, 0.4) is 0 Å². The van der Waals surface area contributed by atoms with Gasteiger partial charge in [-0.3, -0.25) is 14.5 Å². The number of nitrogens with one attached hydrogen (secondary N) is 1. The van der Waals surface area contributed by atoms with E-state index in [2.05, 4.69) is 21.7 Å². The first-order valence-corrected chi connectivity index (χ1v) is 9.52. The van der Waals surface area contributed by atoms with Gasteiger partial charge in [0, 0.05) is 44.2 Å². The Hall–Kier alpha value is -1.44. The summed E-state index contributed by atoms with van der Waals surface area (Å²) in [6, 6.07) is 4.11. The summed E-state index contributed by atoms with van der Waals surface area (Å²) in [4.78, 5) is 29.6. The second kappa shape index (κ2) is 8.60. The normalized spacial score (nSPS) is 21.8. The minimum atomic E-state index is -0.239. The highest BCUT2D eigenvalue weighted by atomic mass is 32.1. The Kier molecular flexibility index (Phi) is 6.23. The molecule has 1 N–H and O–H groups in total. The molecule has 0 aliphatic carbocycles. The van der Waals surface area contributed by atoms with Crippen LogP contribution in [-0.2, 0) is 20.7 Å². The second-order valence-corrected chi connectivity index (χ2v) is 7.31. The average Bonchev–Trinajstić information content (AvgIpc) is 3.29. The van der Waals surface area contributed by atoms with Gasteiger partial charge in [0.2, 0.25) is 5.91 Å². The highest BCUT2D eigenvalue weighted by Crippen LogP contribution is 2.16. The maximum atomic E-state index is 12.3. The van der Waals surface area contributed by atoms with Gasteiger partial charge in [0.15, 0.2) is 0 Å². The third-order valence-electron chi connectivity index (χ3n) is 4.53. The molecule has 7 heteroatoms. The Balaban J connectivity index is 1.32. The summed E-state index contributed by atoms with van der Waals surface area (Å²) < 4.78 is 5.47. The zero-order chi connectivity index (χ0) is 16.8. The number of ether oxygens (including phenoxy) is 1. The van der Waals surface area contributed by atoms with E-state index in [1.165, 1.54) is 4.88 Å². The summed E-state index contributed by atoms with van der Waals surface area (Å²) in [7, 11) is 0. The predicted octanol–water partition coefficient (Wildman–Crippen LogP) is 0.730. The minimum Gasteiger partial charge on any atom is -0.368 e. The summed E-state index contributed by atoms with van der Waals surface area (Å²) in [6.45, 7) is 4.64. The van der Waals surface area contributed by atoms with Crippen LogP contribution in [0.4, 0.5) is 0 Å². The average molecular weight is 351 g/mol. The van der Waals surface area contributed by atoms with Gasteiger partial charge in [-0.2, -0.15) is 0 Å². The fraction of sp³-hybridized carbons (Fsp3) is 0.647. The van der Waals surface area contributed by atoms with Gasteiger partial charge in [-0.05, 0) is 30.7 Å². The lowest BCUT2D eigenvalue weighted by atomic mass is 10.2. The fourth-order valence-electron chi connectivity index (χ4n) is 3.14. The van der Waals surface area contributed by atoms with E-state index in [9.17, 15) is 9.59 Å². The van der Waals surface area contributed by atoms with Crippen LogP contribution in [0.2, 0.25) is 0 Å². The topological polar surface area (TPSA) is 61.9 Å². The molecule has 24 heavy (non-hydrogen) atoms. The molecular formula is C17H25N3O3S. The van der Waals surface area contributed by atoms with E-state index in [1.807, 2.05) is 11.0 Å². The van der Waals surface area contributed by atoms with E-state index in [0.29, 0.717) is 32.8 Å². The van der Waals surface area contributed by atoms with Crippen LogP contribution in [-0.4, -0.2) is 73.6 Å². The number of piperazine rings is 1. The SMILES string of the molecule is O=C(CN1CCN(C(=O)[C@H]2CCCO2)CC1)NCCc1cccs1. The summed E-state index contributed by atoms with van der Waals surface area (Å²) in [5, 5.41) is 5.02. The van der Waals surface area contributed by atoms with Crippen molar-refractivity contribution in [2.45, 2.75) is 25.4 Å². The summed E-state index contributed by atoms with van der Waals surface area (Å²) >= 11 is 1.71. The zero-order valence-corrected chi connectivity index (χ0v) is 14.7. The molecule has 1 atom stereocenters. The van der Waals surface area contributed by atoms with Crippen molar-refractivity contribution in [3.63, 3.8) is 0 Å². The smallest absolute Gasteiger partial charge is 0.251 e. The minimum absolute atomic E-state index is 0.0606. The van der Waals surface area contributed by atoms with E-state index in [1.54, 1.807) is 11.3 Å². The quantitative estimate of drug-likeness (QED) is 0.821. The monoisotopic (exact) mass is 351 g/mol. The number of hydrogen-bond donors (Lipinski definition) is 1. The number of thiophene rings is 1. The van der Waals surface area contributed by atoms with Crippen LogP contribution in [0.15, 0.2) is 17.5 Å². The van der Waals surface area contributed by atoms with Crippen LogP contribution < -0.4 is 5.32 Å². The van der Waals surface area contributed by atoms with Crippen LogP contribution in [0.25, 0.3) is 0 Å². The molecule has 0 aromatic carbocycles. The Morgan fingerprint density at radius 1 is 1.29 bits per heavy atom. The van der Waals surface area contributed by atoms with Crippen molar-refractivity contribution < 1.29 is 14.3 Å². The van der Waals surface area contributed by atoms with Crippen LogP contribution in [0.5, 0.6) is 0 Å². The van der Waals surface area contributed by atoms with Crippen molar-refractivity contribution in [3.05, 3.63) is 22.4 Å². The Morgan fingerprint density at radius 3 is 2.79 bits per heavy atom. The first-order valence-electron chi connectivity index (χ1n) is 8.64. The van der Waals surface area contributed by atoms with Crippen molar-refractivity contribution in [1.82, 2.24) is 15.1 Å². The highest BCUT2D eigenvalue weighted by molar-refractivity contribution is 7.09. The van der Waals surface area contributed by atoms with Crippen molar-refractivity contribution in [2.24, 2.45) is 0 Å². The molecule has 0 bridgehead atoms. The van der Waals surface area contributed by atoms with Gasteiger partial charge in [0.05, 0.1) is 6.54 Å². The maximum absolute atomic E-state index is 12.3. The van der Waals surface area contributed by atoms with E-state index in [-0.39, 0.29) is 17.9 Å². The molecule has 6 nitrogen and oxygen atoms in total. The summed E-state index contributed by atoms with van der Waals surface area (Å²) in [5.41, 5.74) is 0. The number of hydrogen-bond acceptors (Lipinski definition) is 5. The van der Waals surface area contributed by atoms with Crippen LogP contribution in [0.1, 0.15) is 17.7 Å². The van der Waals surface area contributed by atoms with Crippen LogP contribution in [0, 0.1) is 0 Å². The summed E-state index contributed by atoms with van der Waals surface area (Å²) in [5.74, 6) is 0.179. The largest absolute Gasteiger partial charge is 0.368 e. The molecule has 3 heterocycles. The molecule has 132 valence electrons. The number of carbonyl (C=O) groups excluding carboxylic acids is 2. The van der Waals surface area contributed by atoms with Crippen LogP contribution >= 0.6 is 11.3 Å². The number of carbonyl (C=O) groups is 2. The molecule has 0 unspecified atom stereocenters. The van der Waals surface area contributed by atoms with E-state index >= 15 is 0 Å². The van der Waals surface area contributed by atoms with Gasteiger partial charge in [0.25, 0.3) is 5.91 Å². The van der Waals surface area contributed by atoms with Crippen molar-refractivity contribution in [1.29, 1.82) is 0 Å². The highest BCUT2D eigenvalue weighted by Gasteiger charge is 2.30. The van der Waals surface area contributed by atoms with E-state index in [0.717, 1.165) is 32.4 Å². The van der Waals surface area contributed by atoms with Gasteiger partial charge in [-0.15, -0.1) is 11.3 Å². The molecular weight excluding hydrogens is 326 g/mol. The van der Waals surface area contributed by atoms with Crippen molar-refractivity contribution in [3.8, 4) is 0 Å². The summed E-state index contributed by atoms with van der Waals surface area (Å²) in [6.07, 6.45) is 2.46. The Labute approximate surface area is 146 Å². The first-order chi connectivity index (χ1) is 11.7. The van der Waals surface area contributed by atoms with E-state index in [4.69, 9.17) is 4.74 Å². The first kappa shape index (κ1) is 17.4. The van der Waals surface area contributed by atoms with E-state index < -0.39 is 0 Å². The Morgan fingerprint density at radius 2 is 2.12 bits per heavy atom. The molecule has 3 rings (SSSR count). The van der Waals surface area contributed by atoms with Crippen molar-refractivity contribution in [2.75, 3.05) is 45.9 Å². The molecule has 0 radical (unpaired) electrons.